The van der Waals surface area contributed by atoms with Crippen LogP contribution in [-0.2, 0) is 0 Å². The summed E-state index contributed by atoms with van der Waals surface area (Å²) < 4.78 is 13.4. The van der Waals surface area contributed by atoms with Crippen molar-refractivity contribution < 1.29 is 14.0 Å². The summed E-state index contributed by atoms with van der Waals surface area (Å²) in [5, 5.41) is 3.26. The first-order chi connectivity index (χ1) is 14.1. The van der Waals surface area contributed by atoms with Crippen LogP contribution in [0.5, 0.6) is 0 Å². The number of carbonyl (C=O) groups excluding carboxylic acids is 2. The lowest BCUT2D eigenvalue weighted by Gasteiger charge is -2.18. The van der Waals surface area contributed by atoms with E-state index in [1.165, 1.54) is 48.3 Å². The summed E-state index contributed by atoms with van der Waals surface area (Å²) >= 11 is 1.46. The van der Waals surface area contributed by atoms with Crippen molar-refractivity contribution in [3.8, 4) is 0 Å². The first kappa shape index (κ1) is 20.7. The second-order valence-electron chi connectivity index (χ2n) is 6.26. The van der Waals surface area contributed by atoms with Gasteiger partial charge in [0, 0.05) is 17.5 Å². The van der Waals surface area contributed by atoms with Gasteiger partial charge in [0.2, 0.25) is 5.78 Å². The van der Waals surface area contributed by atoms with Crippen LogP contribution in [0, 0.1) is 5.82 Å². The van der Waals surface area contributed by atoms with Crippen LogP contribution in [0.2, 0.25) is 0 Å². The molecule has 29 heavy (non-hydrogen) atoms. The summed E-state index contributed by atoms with van der Waals surface area (Å²) in [5.41, 5.74) is 1.10. The maximum absolute atomic E-state index is 13.4. The van der Waals surface area contributed by atoms with E-state index < -0.39 is 17.8 Å². The normalized spacial score (nSPS) is 11.7. The fraction of sp³-hybridized carbons (Fsp3) is 0.182. The maximum Gasteiger partial charge on any atom is 0.252 e. The third-order valence-electron chi connectivity index (χ3n) is 4.10. The largest absolute Gasteiger partial charge is 0.338 e. The highest BCUT2D eigenvalue weighted by Gasteiger charge is 2.26. The predicted molar refractivity (Wildman–Crippen MR) is 110 cm³/mol. The van der Waals surface area contributed by atoms with E-state index >= 15 is 0 Å². The lowest BCUT2D eigenvalue weighted by molar-refractivity contribution is 0.0854. The molecule has 7 heteroatoms. The summed E-state index contributed by atoms with van der Waals surface area (Å²) in [6.45, 7) is 2.05. The Kier molecular flexibility index (Phi) is 7.08. The summed E-state index contributed by atoms with van der Waals surface area (Å²) in [6, 6.07) is 14.6. The van der Waals surface area contributed by atoms with Crippen LogP contribution in [0.15, 0.2) is 72.0 Å². The van der Waals surface area contributed by atoms with E-state index in [0.29, 0.717) is 16.3 Å². The number of carbonyl (C=O) groups is 2. The lowest BCUT2D eigenvalue weighted by atomic mass is 9.99. The number of hydrogen-bond donors (Lipinski definition) is 1. The molecule has 0 aliphatic heterocycles. The molecule has 0 spiro atoms. The quantitative estimate of drug-likeness (QED) is 0.338. The molecule has 0 aliphatic rings. The van der Waals surface area contributed by atoms with E-state index in [9.17, 15) is 14.0 Å². The second-order valence-corrected chi connectivity index (χ2v) is 7.32. The van der Waals surface area contributed by atoms with Crippen LogP contribution in [0.3, 0.4) is 0 Å². The minimum Gasteiger partial charge on any atom is -0.338 e. The fourth-order valence-corrected chi connectivity index (χ4v) is 3.33. The van der Waals surface area contributed by atoms with Crippen molar-refractivity contribution >= 4 is 23.5 Å². The molecule has 3 rings (SSSR count). The van der Waals surface area contributed by atoms with Crippen molar-refractivity contribution in [3.63, 3.8) is 0 Å². The van der Waals surface area contributed by atoms with Gasteiger partial charge >= 0.3 is 0 Å². The Morgan fingerprint density at radius 1 is 1.07 bits per heavy atom. The number of aromatic nitrogens is 2. The van der Waals surface area contributed by atoms with Crippen molar-refractivity contribution in [3.05, 3.63) is 89.5 Å². The van der Waals surface area contributed by atoms with Crippen molar-refractivity contribution in [2.24, 2.45) is 0 Å². The van der Waals surface area contributed by atoms with Gasteiger partial charge in [0.15, 0.2) is 5.16 Å². The molecule has 0 aliphatic carbocycles. The summed E-state index contributed by atoms with van der Waals surface area (Å²) in [4.78, 5) is 34.4. The summed E-state index contributed by atoms with van der Waals surface area (Å²) in [6.07, 6.45) is 2.48. The van der Waals surface area contributed by atoms with E-state index in [-0.39, 0.29) is 11.5 Å². The topological polar surface area (TPSA) is 72.0 Å². The SMILES string of the molecule is CCCSc1nccc(C(=O)C(NC(=O)c2ccccc2)c2ccc(F)cc2)n1. The van der Waals surface area contributed by atoms with E-state index in [1.54, 1.807) is 30.3 Å². The third-order valence-corrected chi connectivity index (χ3v) is 5.17. The van der Waals surface area contributed by atoms with Crippen LogP contribution in [0.25, 0.3) is 0 Å². The zero-order chi connectivity index (χ0) is 20.6. The number of ketones is 1. The number of rotatable bonds is 8. The van der Waals surface area contributed by atoms with Crippen molar-refractivity contribution in [1.82, 2.24) is 15.3 Å². The molecule has 1 N–H and O–H groups in total. The van der Waals surface area contributed by atoms with Crippen LogP contribution < -0.4 is 5.32 Å². The molecule has 1 unspecified atom stereocenters. The predicted octanol–water partition coefficient (Wildman–Crippen LogP) is 4.47. The number of hydrogen-bond acceptors (Lipinski definition) is 5. The average Bonchev–Trinajstić information content (AvgIpc) is 2.77. The van der Waals surface area contributed by atoms with Crippen molar-refractivity contribution in [2.75, 3.05) is 5.75 Å². The van der Waals surface area contributed by atoms with Gasteiger partial charge in [-0.3, -0.25) is 9.59 Å². The van der Waals surface area contributed by atoms with Crippen LogP contribution in [-0.4, -0.2) is 27.4 Å². The lowest BCUT2D eigenvalue weighted by Crippen LogP contribution is -2.34. The first-order valence-corrected chi connectivity index (χ1v) is 10.2. The highest BCUT2D eigenvalue weighted by molar-refractivity contribution is 7.99. The van der Waals surface area contributed by atoms with Crippen LogP contribution >= 0.6 is 11.8 Å². The van der Waals surface area contributed by atoms with Gasteiger partial charge in [0.25, 0.3) is 5.91 Å². The maximum atomic E-state index is 13.4. The second kappa shape index (κ2) is 9.93. The van der Waals surface area contributed by atoms with Gasteiger partial charge in [0.05, 0.1) is 0 Å². The average molecular weight is 409 g/mol. The van der Waals surface area contributed by atoms with Gasteiger partial charge in [0.1, 0.15) is 17.6 Å². The highest BCUT2D eigenvalue weighted by Crippen LogP contribution is 2.21. The van der Waals surface area contributed by atoms with E-state index in [4.69, 9.17) is 0 Å². The zero-order valence-corrected chi connectivity index (χ0v) is 16.7. The molecule has 0 saturated heterocycles. The molecule has 3 aromatic rings. The highest BCUT2D eigenvalue weighted by atomic mass is 32.2. The molecular weight excluding hydrogens is 389 g/mol. The van der Waals surface area contributed by atoms with E-state index in [1.807, 2.05) is 6.92 Å². The molecule has 1 heterocycles. The molecule has 0 saturated carbocycles. The minimum atomic E-state index is -0.998. The van der Waals surface area contributed by atoms with E-state index in [2.05, 4.69) is 15.3 Å². The van der Waals surface area contributed by atoms with E-state index in [0.717, 1.165) is 12.2 Å². The molecule has 5 nitrogen and oxygen atoms in total. The Balaban J connectivity index is 1.91. The molecular formula is C22H20FN3O2S. The van der Waals surface area contributed by atoms with Gasteiger partial charge in [-0.1, -0.05) is 49.0 Å². The van der Waals surface area contributed by atoms with Gasteiger partial charge < -0.3 is 5.32 Å². The standard InChI is InChI=1S/C22H20FN3O2S/c1-2-14-29-22-24-13-12-18(25-22)20(27)19(15-8-10-17(23)11-9-15)26-21(28)16-6-4-3-5-7-16/h3-13,19H,2,14H2,1H3,(H,26,28). The molecule has 1 amide bonds. The summed E-state index contributed by atoms with van der Waals surface area (Å²) in [5.74, 6) is -0.372. The number of nitrogens with one attached hydrogen (secondary N) is 1. The number of halogens is 1. The van der Waals surface area contributed by atoms with Crippen molar-refractivity contribution in [1.29, 1.82) is 0 Å². The fourth-order valence-electron chi connectivity index (χ4n) is 2.65. The Morgan fingerprint density at radius 3 is 2.48 bits per heavy atom. The Bertz CT molecular complexity index is 981. The summed E-state index contributed by atoms with van der Waals surface area (Å²) in [7, 11) is 0. The molecule has 1 aromatic heterocycles. The molecule has 1 atom stereocenters. The monoisotopic (exact) mass is 409 g/mol. The van der Waals surface area contributed by atoms with Crippen molar-refractivity contribution in [2.45, 2.75) is 24.5 Å². The molecule has 148 valence electrons. The van der Waals surface area contributed by atoms with Gasteiger partial charge in [-0.05, 0) is 42.3 Å². The molecule has 2 aromatic carbocycles. The number of benzene rings is 2. The molecule has 0 bridgehead atoms. The Hall–Kier alpha value is -3.06. The third kappa shape index (κ3) is 5.48. The van der Waals surface area contributed by atoms with Crippen LogP contribution in [0.4, 0.5) is 4.39 Å². The Morgan fingerprint density at radius 2 is 1.79 bits per heavy atom. The number of nitrogens with zero attached hydrogens (tertiary/aromatic N) is 2. The smallest absolute Gasteiger partial charge is 0.252 e. The number of amides is 1. The first-order valence-electron chi connectivity index (χ1n) is 9.20. The van der Waals surface area contributed by atoms with Crippen LogP contribution in [0.1, 0.15) is 45.8 Å². The Labute approximate surface area is 172 Å². The molecule has 0 fully saturated rings. The molecule has 0 radical (unpaired) electrons. The number of Topliss-reactive ketones (excluding diaryl/α,β-unsaturated/α-hetero) is 1. The van der Waals surface area contributed by atoms with Gasteiger partial charge in [-0.15, -0.1) is 0 Å². The zero-order valence-electron chi connectivity index (χ0n) is 15.8. The minimum absolute atomic E-state index is 0.196. The van der Waals surface area contributed by atoms with Gasteiger partial charge in [-0.25, -0.2) is 14.4 Å². The number of thioether (sulfide) groups is 1. The van der Waals surface area contributed by atoms with Gasteiger partial charge in [-0.2, -0.15) is 0 Å².